The number of imide groups is 1. The molecule has 3 amide bonds. The minimum Gasteiger partial charge on any atom is -0.322 e. The Morgan fingerprint density at radius 1 is 1.31 bits per heavy atom. The van der Waals surface area contributed by atoms with Crippen molar-refractivity contribution in [3.8, 4) is 0 Å². The molecule has 0 saturated carbocycles. The van der Waals surface area contributed by atoms with E-state index in [2.05, 4.69) is 6.92 Å². The number of urea groups is 1. The lowest BCUT2D eigenvalue weighted by molar-refractivity contribution is -0.128. The average Bonchev–Trinajstić information content (AvgIpc) is 2.36. The fourth-order valence-corrected chi connectivity index (χ4v) is 1.91. The molecule has 92 valence electrons. The molecule has 0 aromatic carbocycles. The third-order valence-corrected chi connectivity index (χ3v) is 2.93. The molecule has 0 atom stereocenters. The smallest absolute Gasteiger partial charge is 0.322 e. The van der Waals surface area contributed by atoms with Gasteiger partial charge in [-0.1, -0.05) is 13.3 Å². The van der Waals surface area contributed by atoms with E-state index in [1.54, 1.807) is 4.90 Å². The Bertz CT molecular complexity index is 264. The van der Waals surface area contributed by atoms with Crippen LogP contribution in [-0.2, 0) is 4.79 Å². The first-order chi connectivity index (χ1) is 7.57. The van der Waals surface area contributed by atoms with Gasteiger partial charge in [0.15, 0.2) is 0 Å². The normalized spacial score (nSPS) is 18.2. The zero-order valence-electron chi connectivity index (χ0n) is 10.5. The van der Waals surface area contributed by atoms with E-state index in [-0.39, 0.29) is 18.0 Å². The van der Waals surface area contributed by atoms with Crippen molar-refractivity contribution in [3.63, 3.8) is 0 Å². The van der Waals surface area contributed by atoms with Crippen molar-refractivity contribution >= 4 is 11.9 Å². The molecule has 1 aliphatic rings. The second kappa shape index (κ2) is 5.87. The van der Waals surface area contributed by atoms with E-state index < -0.39 is 0 Å². The number of carbonyl (C=O) groups excluding carboxylic acids is 2. The Morgan fingerprint density at radius 2 is 2.00 bits per heavy atom. The monoisotopic (exact) mass is 226 g/mol. The van der Waals surface area contributed by atoms with Gasteiger partial charge in [0.25, 0.3) is 0 Å². The van der Waals surface area contributed by atoms with Crippen molar-refractivity contribution in [1.29, 1.82) is 0 Å². The largest absolute Gasteiger partial charge is 0.326 e. The van der Waals surface area contributed by atoms with Gasteiger partial charge in [-0.05, 0) is 26.7 Å². The third kappa shape index (κ3) is 2.97. The minimum absolute atomic E-state index is 0.0124. The summed E-state index contributed by atoms with van der Waals surface area (Å²) in [5.74, 6) is -0.0124. The van der Waals surface area contributed by atoms with Gasteiger partial charge in [-0.2, -0.15) is 0 Å². The van der Waals surface area contributed by atoms with Crippen molar-refractivity contribution in [2.24, 2.45) is 0 Å². The number of hydrogen-bond donors (Lipinski definition) is 0. The minimum atomic E-state index is -0.106. The zero-order valence-corrected chi connectivity index (χ0v) is 10.5. The molecule has 1 rings (SSSR count). The van der Waals surface area contributed by atoms with E-state index in [1.807, 2.05) is 13.8 Å². The molecule has 1 heterocycles. The van der Waals surface area contributed by atoms with E-state index in [0.29, 0.717) is 19.5 Å². The lowest BCUT2D eigenvalue weighted by atomic mass is 10.2. The highest BCUT2D eigenvalue weighted by molar-refractivity contribution is 5.95. The number of unbranched alkanes of at least 4 members (excludes halogenated alkanes) is 1. The van der Waals surface area contributed by atoms with Crippen molar-refractivity contribution in [1.82, 2.24) is 9.80 Å². The summed E-state index contributed by atoms with van der Waals surface area (Å²) in [6.45, 7) is 7.31. The summed E-state index contributed by atoms with van der Waals surface area (Å²) in [5, 5.41) is 0. The number of hydrogen-bond acceptors (Lipinski definition) is 2. The summed E-state index contributed by atoms with van der Waals surface area (Å²) in [7, 11) is 0. The maximum absolute atomic E-state index is 12.1. The predicted octanol–water partition coefficient (Wildman–Crippen LogP) is 2.24. The van der Waals surface area contributed by atoms with E-state index >= 15 is 0 Å². The van der Waals surface area contributed by atoms with Crippen LogP contribution in [-0.4, -0.2) is 40.9 Å². The molecule has 16 heavy (non-hydrogen) atoms. The quantitative estimate of drug-likeness (QED) is 0.737. The van der Waals surface area contributed by atoms with Gasteiger partial charge in [-0.15, -0.1) is 0 Å². The highest BCUT2D eigenvalue weighted by Gasteiger charge is 2.30. The number of amides is 3. The van der Waals surface area contributed by atoms with Crippen LogP contribution in [0, 0.1) is 0 Å². The van der Waals surface area contributed by atoms with Gasteiger partial charge < -0.3 is 4.90 Å². The van der Waals surface area contributed by atoms with Crippen LogP contribution in [0.3, 0.4) is 0 Å². The lowest BCUT2D eigenvalue weighted by Gasteiger charge is -2.29. The molecule has 4 heteroatoms. The maximum atomic E-state index is 12.1. The Balaban J connectivity index is 2.75. The first kappa shape index (κ1) is 13.0. The van der Waals surface area contributed by atoms with E-state index in [4.69, 9.17) is 0 Å². The topological polar surface area (TPSA) is 40.6 Å². The summed E-state index contributed by atoms with van der Waals surface area (Å²) in [6, 6.07) is 0.0634. The van der Waals surface area contributed by atoms with Crippen molar-refractivity contribution < 1.29 is 9.59 Å². The fraction of sp³-hybridized carbons (Fsp3) is 0.833. The molecule has 1 aliphatic heterocycles. The molecule has 1 saturated heterocycles. The molecule has 0 N–H and O–H groups in total. The third-order valence-electron chi connectivity index (χ3n) is 2.93. The van der Waals surface area contributed by atoms with Crippen LogP contribution in [0.4, 0.5) is 4.79 Å². The van der Waals surface area contributed by atoms with Crippen LogP contribution in [0.25, 0.3) is 0 Å². The summed E-state index contributed by atoms with van der Waals surface area (Å²) in [5.41, 5.74) is 0. The molecular weight excluding hydrogens is 204 g/mol. The van der Waals surface area contributed by atoms with Crippen LogP contribution in [0.1, 0.15) is 46.5 Å². The summed E-state index contributed by atoms with van der Waals surface area (Å²) < 4.78 is 0. The Morgan fingerprint density at radius 3 is 2.56 bits per heavy atom. The number of rotatable bonds is 4. The SMILES string of the molecule is CCCCN1C(=O)CCCN(C(C)C)C1=O. The molecule has 0 radical (unpaired) electrons. The first-order valence-corrected chi connectivity index (χ1v) is 6.19. The molecule has 0 spiro atoms. The second-order valence-corrected chi connectivity index (χ2v) is 4.57. The molecular formula is C12H22N2O2. The Kier molecular flexibility index (Phi) is 4.77. The number of carbonyl (C=O) groups is 2. The van der Waals surface area contributed by atoms with Crippen molar-refractivity contribution in [2.75, 3.05) is 13.1 Å². The highest BCUT2D eigenvalue weighted by Crippen LogP contribution is 2.14. The molecule has 0 aromatic rings. The summed E-state index contributed by atoms with van der Waals surface area (Å²) >= 11 is 0. The van der Waals surface area contributed by atoms with Crippen LogP contribution in [0.5, 0.6) is 0 Å². The van der Waals surface area contributed by atoms with E-state index in [0.717, 1.165) is 19.3 Å². The predicted molar refractivity (Wildman–Crippen MR) is 63.1 cm³/mol. The maximum Gasteiger partial charge on any atom is 0.326 e. The Hall–Kier alpha value is -1.06. The van der Waals surface area contributed by atoms with Crippen LogP contribution < -0.4 is 0 Å². The van der Waals surface area contributed by atoms with Gasteiger partial charge in [0, 0.05) is 25.6 Å². The fourth-order valence-electron chi connectivity index (χ4n) is 1.91. The average molecular weight is 226 g/mol. The van der Waals surface area contributed by atoms with Crippen LogP contribution in [0.2, 0.25) is 0 Å². The molecule has 0 bridgehead atoms. The standard InChI is InChI=1S/C12H22N2O2/c1-4-5-8-14-11(15)7-6-9-13(10(2)3)12(14)16/h10H,4-9H2,1-3H3. The molecule has 4 nitrogen and oxygen atoms in total. The van der Waals surface area contributed by atoms with Gasteiger partial charge in [-0.3, -0.25) is 9.69 Å². The van der Waals surface area contributed by atoms with Gasteiger partial charge in [0.05, 0.1) is 0 Å². The van der Waals surface area contributed by atoms with Gasteiger partial charge in [0.1, 0.15) is 0 Å². The molecule has 0 aliphatic carbocycles. The molecule has 0 aromatic heterocycles. The van der Waals surface area contributed by atoms with Gasteiger partial charge in [0.2, 0.25) is 5.91 Å². The zero-order chi connectivity index (χ0) is 12.1. The van der Waals surface area contributed by atoms with Crippen LogP contribution in [0.15, 0.2) is 0 Å². The molecule has 0 unspecified atom stereocenters. The highest BCUT2D eigenvalue weighted by atomic mass is 16.2. The Labute approximate surface area is 97.6 Å². The second-order valence-electron chi connectivity index (χ2n) is 4.57. The van der Waals surface area contributed by atoms with E-state index in [1.165, 1.54) is 4.90 Å². The summed E-state index contributed by atoms with van der Waals surface area (Å²) in [6.07, 6.45) is 3.17. The lowest BCUT2D eigenvalue weighted by Crippen LogP contribution is -2.47. The number of nitrogens with zero attached hydrogens (tertiary/aromatic N) is 2. The van der Waals surface area contributed by atoms with Gasteiger partial charge >= 0.3 is 6.03 Å². The first-order valence-electron chi connectivity index (χ1n) is 6.19. The molecule has 1 fully saturated rings. The summed E-state index contributed by atoms with van der Waals surface area (Å²) in [4.78, 5) is 27.1. The van der Waals surface area contributed by atoms with Crippen molar-refractivity contribution in [2.45, 2.75) is 52.5 Å². The van der Waals surface area contributed by atoms with Gasteiger partial charge in [-0.25, -0.2) is 4.79 Å². The van der Waals surface area contributed by atoms with E-state index in [9.17, 15) is 9.59 Å². The van der Waals surface area contributed by atoms with Crippen molar-refractivity contribution in [3.05, 3.63) is 0 Å². The van der Waals surface area contributed by atoms with Crippen LogP contribution >= 0.6 is 0 Å².